The third-order valence-electron chi connectivity index (χ3n) is 5.56. The summed E-state index contributed by atoms with van der Waals surface area (Å²) >= 11 is 0. The van der Waals surface area contributed by atoms with Gasteiger partial charge in [0.25, 0.3) is 5.82 Å². The fourth-order valence-electron chi connectivity index (χ4n) is 4.13. The number of benzene rings is 1. The number of fused-ring (bicyclic) bond motifs is 3. The van der Waals surface area contributed by atoms with E-state index in [9.17, 15) is 0 Å². The lowest BCUT2D eigenvalue weighted by Crippen LogP contribution is -2.50. The summed E-state index contributed by atoms with van der Waals surface area (Å²) in [7, 11) is 2.10. The van der Waals surface area contributed by atoms with E-state index in [1.54, 1.807) is 6.20 Å². The zero-order valence-electron chi connectivity index (χ0n) is 16.3. The van der Waals surface area contributed by atoms with Crippen LogP contribution in [0, 0.1) is 6.92 Å². The Morgan fingerprint density at radius 1 is 1.11 bits per heavy atom. The van der Waals surface area contributed by atoms with Crippen LogP contribution in [-0.4, -0.2) is 11.8 Å². The summed E-state index contributed by atoms with van der Waals surface area (Å²) in [6, 6.07) is 16.8. The molecular weight excluding hydrogens is 345 g/mol. The predicted octanol–water partition coefficient (Wildman–Crippen LogP) is 3.95. The minimum atomic E-state index is 0.152. The van der Waals surface area contributed by atoms with Crippen molar-refractivity contribution in [2.45, 2.75) is 13.7 Å². The average molecular weight is 366 g/mol. The van der Waals surface area contributed by atoms with Crippen LogP contribution in [0.3, 0.4) is 0 Å². The van der Waals surface area contributed by atoms with Gasteiger partial charge in [0.2, 0.25) is 5.71 Å². The molecule has 4 heterocycles. The Balaban J connectivity index is 1.60. The monoisotopic (exact) mass is 366 g/mol. The lowest BCUT2D eigenvalue weighted by Gasteiger charge is -2.23. The number of furan rings is 1. The highest BCUT2D eigenvalue weighted by Crippen LogP contribution is 2.27. The maximum Gasteiger partial charge on any atom is 0.413 e. The molecule has 0 aliphatic carbocycles. The molecule has 0 radical (unpaired) electrons. The first-order chi connectivity index (χ1) is 13.6. The molecule has 0 atom stereocenters. The largest absolute Gasteiger partial charge is 0.439 e. The molecular formula is C23H21BN3O+. The Hall–Kier alpha value is -3.34. The number of hydrogen-bond donors (Lipinski definition) is 0. The van der Waals surface area contributed by atoms with E-state index in [0.717, 1.165) is 17.0 Å². The molecule has 136 valence electrons. The maximum atomic E-state index is 5.94. The molecule has 1 aliphatic rings. The smallest absolute Gasteiger partial charge is 0.413 e. The van der Waals surface area contributed by atoms with Crippen molar-refractivity contribution in [1.82, 2.24) is 4.98 Å². The molecule has 5 rings (SSSR count). The Labute approximate surface area is 164 Å². The fourth-order valence-corrected chi connectivity index (χ4v) is 4.13. The van der Waals surface area contributed by atoms with Crippen LogP contribution in [-0.2, 0) is 7.05 Å². The van der Waals surface area contributed by atoms with Crippen molar-refractivity contribution >= 4 is 35.3 Å². The van der Waals surface area contributed by atoms with Gasteiger partial charge in [-0.15, -0.1) is 0 Å². The van der Waals surface area contributed by atoms with Gasteiger partial charge in [0.1, 0.15) is 5.76 Å². The van der Waals surface area contributed by atoms with Gasteiger partial charge in [-0.1, -0.05) is 30.3 Å². The van der Waals surface area contributed by atoms with E-state index >= 15 is 0 Å². The lowest BCUT2D eigenvalue weighted by molar-refractivity contribution is -0.657. The standard InChI is InChI=1S/C23H21BN3O/c1-16-14-21(26(3)15-19(16)17-8-5-4-6-9-17)27-13-11-20-22(24(27)2)18-10-7-12-25-23(18)28-20/h4-15H,1-3H3/q+1. The summed E-state index contributed by atoms with van der Waals surface area (Å²) in [6.45, 7) is 4.54. The molecule has 0 spiro atoms. The van der Waals surface area contributed by atoms with Gasteiger partial charge in [0.05, 0.1) is 19.4 Å². The van der Waals surface area contributed by atoms with Crippen molar-refractivity contribution in [3.05, 3.63) is 78.4 Å². The number of anilines is 1. The Morgan fingerprint density at radius 2 is 1.93 bits per heavy atom. The van der Waals surface area contributed by atoms with Crippen LogP contribution in [0.15, 0.2) is 71.5 Å². The summed E-state index contributed by atoms with van der Waals surface area (Å²) in [6.07, 6.45) is 8.13. The first-order valence-electron chi connectivity index (χ1n) is 9.53. The number of hydrogen-bond acceptors (Lipinski definition) is 3. The van der Waals surface area contributed by atoms with Crippen LogP contribution in [0.4, 0.5) is 5.82 Å². The zero-order chi connectivity index (χ0) is 19.3. The molecule has 0 saturated heterocycles. The highest BCUT2D eigenvalue weighted by atomic mass is 16.3. The summed E-state index contributed by atoms with van der Waals surface area (Å²) < 4.78 is 8.14. The van der Waals surface area contributed by atoms with Gasteiger partial charge in [-0.05, 0) is 37.0 Å². The van der Waals surface area contributed by atoms with Crippen molar-refractivity contribution in [3.8, 4) is 11.1 Å². The highest BCUT2D eigenvalue weighted by Gasteiger charge is 2.37. The van der Waals surface area contributed by atoms with E-state index in [4.69, 9.17) is 4.42 Å². The summed E-state index contributed by atoms with van der Waals surface area (Å²) in [5, 5.41) is 1.08. The van der Waals surface area contributed by atoms with Crippen molar-refractivity contribution in [3.63, 3.8) is 0 Å². The van der Waals surface area contributed by atoms with Gasteiger partial charge < -0.3 is 4.42 Å². The Bertz CT molecular complexity index is 1210. The predicted molar refractivity (Wildman–Crippen MR) is 115 cm³/mol. The SMILES string of the molecule is CB1c2c(oc3ncccc23)C=CN1c1cc(C)c(-c2ccccc2)c[n+]1C. The van der Waals surface area contributed by atoms with E-state index in [2.05, 4.69) is 90.0 Å². The average Bonchev–Trinajstić information content (AvgIpc) is 3.10. The number of pyridine rings is 2. The fraction of sp³-hybridized carbons (Fsp3) is 0.130. The van der Waals surface area contributed by atoms with Crippen LogP contribution < -0.4 is 14.8 Å². The number of rotatable bonds is 2. The van der Waals surface area contributed by atoms with Crippen LogP contribution in [0.25, 0.3) is 28.3 Å². The molecule has 0 bridgehead atoms. The summed E-state index contributed by atoms with van der Waals surface area (Å²) in [4.78, 5) is 6.67. The van der Waals surface area contributed by atoms with Gasteiger partial charge in [0.15, 0.2) is 0 Å². The van der Waals surface area contributed by atoms with Crippen LogP contribution in [0.2, 0.25) is 6.82 Å². The van der Waals surface area contributed by atoms with Crippen LogP contribution >= 0.6 is 0 Å². The van der Waals surface area contributed by atoms with Crippen molar-refractivity contribution < 1.29 is 8.98 Å². The molecule has 0 saturated carbocycles. The third kappa shape index (κ3) is 2.54. The van der Waals surface area contributed by atoms with E-state index < -0.39 is 0 Å². The van der Waals surface area contributed by atoms with Crippen molar-refractivity contribution in [1.29, 1.82) is 0 Å². The van der Waals surface area contributed by atoms with E-state index in [1.807, 2.05) is 12.1 Å². The van der Waals surface area contributed by atoms with E-state index in [-0.39, 0.29) is 6.85 Å². The molecule has 0 fully saturated rings. The Morgan fingerprint density at radius 3 is 2.75 bits per heavy atom. The minimum Gasteiger partial charge on any atom is -0.439 e. The summed E-state index contributed by atoms with van der Waals surface area (Å²) in [5.41, 5.74) is 5.63. The zero-order valence-corrected chi connectivity index (χ0v) is 16.3. The van der Waals surface area contributed by atoms with Crippen LogP contribution in [0.1, 0.15) is 11.3 Å². The minimum absolute atomic E-state index is 0.152. The molecule has 28 heavy (non-hydrogen) atoms. The summed E-state index contributed by atoms with van der Waals surface area (Å²) in [5.74, 6) is 2.04. The number of aryl methyl sites for hydroxylation is 2. The first kappa shape index (κ1) is 16.8. The van der Waals surface area contributed by atoms with Gasteiger partial charge >= 0.3 is 6.85 Å². The molecule has 1 aromatic carbocycles. The second kappa shape index (κ2) is 6.38. The molecule has 3 aromatic heterocycles. The van der Waals surface area contributed by atoms with Crippen molar-refractivity contribution in [2.75, 3.05) is 4.81 Å². The molecule has 4 nitrogen and oxygen atoms in total. The molecule has 0 unspecified atom stereocenters. The van der Waals surface area contributed by atoms with E-state index in [0.29, 0.717) is 5.71 Å². The lowest BCUT2D eigenvalue weighted by atomic mass is 9.54. The Kier molecular flexibility index (Phi) is 3.83. The van der Waals surface area contributed by atoms with Gasteiger partial charge in [-0.3, -0.25) is 4.81 Å². The number of aromatic nitrogens is 2. The van der Waals surface area contributed by atoms with Gasteiger partial charge in [0, 0.05) is 34.8 Å². The second-order valence-corrected chi connectivity index (χ2v) is 7.34. The quantitative estimate of drug-likeness (QED) is 0.398. The first-order valence-corrected chi connectivity index (χ1v) is 9.53. The third-order valence-corrected chi connectivity index (χ3v) is 5.56. The molecule has 0 N–H and O–H groups in total. The molecule has 1 aliphatic heterocycles. The molecule has 0 amide bonds. The van der Waals surface area contributed by atoms with Crippen molar-refractivity contribution in [2.24, 2.45) is 7.05 Å². The number of nitrogens with zero attached hydrogens (tertiary/aromatic N) is 3. The van der Waals surface area contributed by atoms with Gasteiger partial charge in [-0.2, -0.15) is 0 Å². The molecule has 5 heteroatoms. The molecule has 4 aromatic rings. The topological polar surface area (TPSA) is 33.2 Å². The van der Waals surface area contributed by atoms with E-state index in [1.165, 1.54) is 22.2 Å². The normalized spacial score (nSPS) is 13.2. The highest BCUT2D eigenvalue weighted by molar-refractivity contribution is 6.79. The van der Waals surface area contributed by atoms with Gasteiger partial charge in [-0.25, -0.2) is 9.55 Å². The maximum absolute atomic E-state index is 5.94. The van der Waals surface area contributed by atoms with Crippen LogP contribution in [0.5, 0.6) is 0 Å². The second-order valence-electron chi connectivity index (χ2n) is 7.34.